The van der Waals surface area contributed by atoms with Crippen molar-refractivity contribution in [1.29, 1.82) is 0 Å². The van der Waals surface area contributed by atoms with Gasteiger partial charge in [0, 0.05) is 11.8 Å². The van der Waals surface area contributed by atoms with Crippen LogP contribution in [-0.4, -0.2) is 25.7 Å². The number of rotatable bonds is 6. The molecule has 1 atom stereocenters. The predicted molar refractivity (Wildman–Crippen MR) is 118 cm³/mol. The van der Waals surface area contributed by atoms with Crippen LogP contribution in [0.15, 0.2) is 79.0 Å². The van der Waals surface area contributed by atoms with Gasteiger partial charge in [-0.1, -0.05) is 66.2 Å². The van der Waals surface area contributed by atoms with Crippen molar-refractivity contribution in [2.45, 2.75) is 19.5 Å². The molecule has 0 saturated carbocycles. The normalized spacial score (nSPS) is 11.8. The summed E-state index contributed by atoms with van der Waals surface area (Å²) in [5, 5.41) is 10.2. The monoisotopic (exact) mass is 415 g/mol. The molecule has 6 nitrogen and oxygen atoms in total. The zero-order chi connectivity index (χ0) is 20.9. The Kier molecular flexibility index (Phi) is 5.81. The van der Waals surface area contributed by atoms with E-state index in [4.69, 9.17) is 12.2 Å². The zero-order valence-electron chi connectivity index (χ0n) is 16.4. The number of nitrogens with one attached hydrogen (secondary N) is 2. The summed E-state index contributed by atoms with van der Waals surface area (Å²) in [6.07, 6.45) is 1.72. The van der Waals surface area contributed by atoms with Crippen LogP contribution in [0, 0.1) is 11.7 Å². The van der Waals surface area contributed by atoms with Crippen LogP contribution in [0.2, 0.25) is 0 Å². The molecule has 0 spiro atoms. The smallest absolute Gasteiger partial charge is 0.240 e. The third-order valence-electron chi connectivity index (χ3n) is 4.79. The van der Waals surface area contributed by atoms with Gasteiger partial charge in [0.05, 0.1) is 11.7 Å². The molecule has 2 aromatic carbocycles. The van der Waals surface area contributed by atoms with Crippen molar-refractivity contribution >= 4 is 18.1 Å². The molecule has 0 bridgehead atoms. The highest BCUT2D eigenvalue weighted by molar-refractivity contribution is 7.71. The fourth-order valence-electron chi connectivity index (χ4n) is 3.26. The molecule has 0 fully saturated rings. The predicted octanol–water partition coefficient (Wildman–Crippen LogP) is 4.22. The SMILES string of the molecule is Cc1ccc(-c2n[nH]c(=S)n2CC(=O)NC(c2ccccc2)c2ccccn2)cc1. The number of carbonyl (C=O) groups is 1. The summed E-state index contributed by atoms with van der Waals surface area (Å²) in [6, 6.07) is 23.0. The number of aromatic nitrogens is 4. The Balaban J connectivity index is 1.60. The van der Waals surface area contributed by atoms with E-state index in [9.17, 15) is 4.79 Å². The molecule has 0 aliphatic carbocycles. The third-order valence-corrected chi connectivity index (χ3v) is 5.10. The molecule has 1 unspecified atom stereocenters. The van der Waals surface area contributed by atoms with Crippen LogP contribution in [-0.2, 0) is 11.3 Å². The first-order chi connectivity index (χ1) is 14.6. The minimum atomic E-state index is -0.358. The van der Waals surface area contributed by atoms with Crippen molar-refractivity contribution in [3.05, 3.63) is 101 Å². The highest BCUT2D eigenvalue weighted by Gasteiger charge is 2.19. The topological polar surface area (TPSA) is 75.6 Å². The average molecular weight is 416 g/mol. The summed E-state index contributed by atoms with van der Waals surface area (Å²) in [5.41, 5.74) is 3.77. The van der Waals surface area contributed by atoms with Crippen molar-refractivity contribution in [2.75, 3.05) is 0 Å². The molecule has 7 heteroatoms. The van der Waals surface area contributed by atoms with E-state index >= 15 is 0 Å². The van der Waals surface area contributed by atoms with Gasteiger partial charge in [0.25, 0.3) is 0 Å². The molecular weight excluding hydrogens is 394 g/mol. The van der Waals surface area contributed by atoms with E-state index in [0.29, 0.717) is 10.6 Å². The van der Waals surface area contributed by atoms with Gasteiger partial charge in [0.1, 0.15) is 6.54 Å². The number of H-pyrrole nitrogens is 1. The molecule has 0 aliphatic heterocycles. The Morgan fingerprint density at radius 3 is 2.50 bits per heavy atom. The maximum Gasteiger partial charge on any atom is 0.240 e. The molecule has 4 rings (SSSR count). The van der Waals surface area contributed by atoms with Crippen molar-refractivity contribution in [2.24, 2.45) is 0 Å². The molecule has 30 heavy (non-hydrogen) atoms. The van der Waals surface area contributed by atoms with Crippen molar-refractivity contribution in [1.82, 2.24) is 25.1 Å². The van der Waals surface area contributed by atoms with Gasteiger partial charge < -0.3 is 5.32 Å². The quantitative estimate of drug-likeness (QED) is 0.463. The first-order valence-electron chi connectivity index (χ1n) is 9.59. The number of pyridine rings is 1. The fraction of sp³-hybridized carbons (Fsp3) is 0.130. The molecule has 1 amide bonds. The largest absolute Gasteiger partial charge is 0.342 e. The van der Waals surface area contributed by atoms with Crippen molar-refractivity contribution in [3.8, 4) is 11.4 Å². The first kappa shape index (κ1) is 19.7. The lowest BCUT2D eigenvalue weighted by molar-refractivity contribution is -0.122. The van der Waals surface area contributed by atoms with E-state index in [1.807, 2.05) is 79.7 Å². The summed E-state index contributed by atoms with van der Waals surface area (Å²) in [6.45, 7) is 2.07. The lowest BCUT2D eigenvalue weighted by Gasteiger charge is -2.19. The maximum atomic E-state index is 13.0. The first-order valence-corrected chi connectivity index (χ1v) is 10.00. The number of amides is 1. The molecular formula is C23H21N5OS. The number of benzene rings is 2. The van der Waals surface area contributed by atoms with Crippen molar-refractivity contribution < 1.29 is 4.79 Å². The summed E-state index contributed by atoms with van der Waals surface area (Å²) in [5.74, 6) is 0.449. The van der Waals surface area contributed by atoms with E-state index in [1.165, 1.54) is 0 Å². The molecule has 0 saturated heterocycles. The second-order valence-corrected chi connectivity index (χ2v) is 7.36. The number of carbonyl (C=O) groups excluding carboxylic acids is 1. The molecule has 0 aliphatic rings. The third kappa shape index (κ3) is 4.36. The fourth-order valence-corrected chi connectivity index (χ4v) is 3.45. The summed E-state index contributed by atoms with van der Waals surface area (Å²) in [4.78, 5) is 17.4. The Labute approximate surface area is 179 Å². The molecule has 0 radical (unpaired) electrons. The number of aromatic amines is 1. The second-order valence-electron chi connectivity index (χ2n) is 6.97. The van der Waals surface area contributed by atoms with Gasteiger partial charge >= 0.3 is 0 Å². The van der Waals surface area contributed by atoms with Gasteiger partial charge in [-0.25, -0.2) is 0 Å². The average Bonchev–Trinajstić information content (AvgIpc) is 3.14. The standard InChI is InChI=1S/C23H21N5OS/c1-16-10-12-18(13-11-16)22-26-27-23(30)28(22)15-20(29)25-21(17-7-3-2-4-8-17)19-9-5-6-14-24-19/h2-14,21H,15H2,1H3,(H,25,29)(H,27,30). The Hall–Kier alpha value is -3.58. The van der Waals surface area contributed by atoms with E-state index in [1.54, 1.807) is 10.8 Å². The van der Waals surface area contributed by atoms with Gasteiger partial charge in [0.2, 0.25) is 5.91 Å². The van der Waals surface area contributed by atoms with E-state index in [0.717, 1.165) is 22.4 Å². The van der Waals surface area contributed by atoms with Crippen LogP contribution >= 0.6 is 12.2 Å². The number of hydrogen-bond acceptors (Lipinski definition) is 4. The molecule has 2 N–H and O–H groups in total. The highest BCUT2D eigenvalue weighted by Crippen LogP contribution is 2.21. The second kappa shape index (κ2) is 8.84. The van der Waals surface area contributed by atoms with Crippen LogP contribution in [0.3, 0.4) is 0 Å². The van der Waals surface area contributed by atoms with Gasteiger partial charge in [0.15, 0.2) is 10.6 Å². The zero-order valence-corrected chi connectivity index (χ0v) is 17.3. The van der Waals surface area contributed by atoms with Gasteiger partial charge in [-0.2, -0.15) is 5.10 Å². The lowest BCUT2D eigenvalue weighted by Crippen LogP contribution is -2.33. The Bertz CT molecular complexity index is 1140. The van der Waals surface area contributed by atoms with E-state index < -0.39 is 0 Å². The minimum absolute atomic E-state index is 0.0503. The number of nitrogens with zero attached hydrogens (tertiary/aromatic N) is 3. The van der Waals surface area contributed by atoms with Gasteiger partial charge in [-0.3, -0.25) is 19.4 Å². The minimum Gasteiger partial charge on any atom is -0.342 e. The van der Waals surface area contributed by atoms with Crippen LogP contribution in [0.25, 0.3) is 11.4 Å². The van der Waals surface area contributed by atoms with Crippen LogP contribution < -0.4 is 5.32 Å². The number of hydrogen-bond donors (Lipinski definition) is 2. The number of aryl methyl sites for hydroxylation is 1. The highest BCUT2D eigenvalue weighted by atomic mass is 32.1. The molecule has 4 aromatic rings. The van der Waals surface area contributed by atoms with E-state index in [-0.39, 0.29) is 18.5 Å². The van der Waals surface area contributed by atoms with Gasteiger partial charge in [-0.05, 0) is 36.8 Å². The van der Waals surface area contributed by atoms with Crippen LogP contribution in [0.1, 0.15) is 22.9 Å². The summed E-state index contributed by atoms with van der Waals surface area (Å²) >= 11 is 5.37. The Morgan fingerprint density at radius 1 is 1.07 bits per heavy atom. The maximum absolute atomic E-state index is 13.0. The summed E-state index contributed by atoms with van der Waals surface area (Å²) < 4.78 is 2.10. The summed E-state index contributed by atoms with van der Waals surface area (Å²) in [7, 11) is 0. The van der Waals surface area contributed by atoms with Crippen LogP contribution in [0.4, 0.5) is 0 Å². The molecule has 2 aromatic heterocycles. The molecule has 2 heterocycles. The Morgan fingerprint density at radius 2 is 1.80 bits per heavy atom. The van der Waals surface area contributed by atoms with Crippen molar-refractivity contribution in [3.63, 3.8) is 0 Å². The van der Waals surface area contributed by atoms with Gasteiger partial charge in [-0.15, -0.1) is 0 Å². The van der Waals surface area contributed by atoms with E-state index in [2.05, 4.69) is 20.5 Å². The lowest BCUT2D eigenvalue weighted by atomic mass is 10.0. The van der Waals surface area contributed by atoms with Crippen LogP contribution in [0.5, 0.6) is 0 Å². The molecule has 150 valence electrons.